The van der Waals surface area contributed by atoms with Crippen LogP contribution in [0.5, 0.6) is 5.75 Å². The molecule has 2 aromatic rings. The molecule has 4 nitrogen and oxygen atoms in total. The fraction of sp³-hybridized carbons (Fsp3) is 0.316. The SMILES string of the molecule is Cc1ccc(NC(=O)CCNc2ccc(OC(C)C)cc2)cc1Cl. The van der Waals surface area contributed by atoms with Gasteiger partial charge in [-0.05, 0) is 62.7 Å². The summed E-state index contributed by atoms with van der Waals surface area (Å²) in [6.45, 7) is 6.46. The molecule has 5 heteroatoms. The van der Waals surface area contributed by atoms with Crippen LogP contribution in [0, 0.1) is 6.92 Å². The third-order valence-electron chi connectivity index (χ3n) is 3.36. The molecule has 0 spiro atoms. The van der Waals surface area contributed by atoms with Gasteiger partial charge in [-0.3, -0.25) is 4.79 Å². The zero-order chi connectivity index (χ0) is 17.5. The minimum Gasteiger partial charge on any atom is -0.491 e. The molecule has 24 heavy (non-hydrogen) atoms. The fourth-order valence-corrected chi connectivity index (χ4v) is 2.32. The molecule has 2 N–H and O–H groups in total. The topological polar surface area (TPSA) is 50.4 Å². The maximum Gasteiger partial charge on any atom is 0.226 e. The van der Waals surface area contributed by atoms with Crippen LogP contribution in [0.2, 0.25) is 5.02 Å². The molecular formula is C19H23ClN2O2. The normalized spacial score (nSPS) is 10.5. The molecule has 0 saturated heterocycles. The highest BCUT2D eigenvalue weighted by Crippen LogP contribution is 2.20. The van der Waals surface area contributed by atoms with E-state index in [4.69, 9.17) is 16.3 Å². The third kappa shape index (κ3) is 5.78. The van der Waals surface area contributed by atoms with Gasteiger partial charge in [-0.1, -0.05) is 17.7 Å². The first-order chi connectivity index (χ1) is 11.4. The number of hydrogen-bond donors (Lipinski definition) is 2. The van der Waals surface area contributed by atoms with Crippen molar-refractivity contribution in [3.8, 4) is 5.75 Å². The zero-order valence-electron chi connectivity index (χ0n) is 14.2. The van der Waals surface area contributed by atoms with Crippen molar-refractivity contribution in [2.75, 3.05) is 17.2 Å². The summed E-state index contributed by atoms with van der Waals surface area (Å²) in [6.07, 6.45) is 0.526. The number of benzene rings is 2. The zero-order valence-corrected chi connectivity index (χ0v) is 15.0. The van der Waals surface area contributed by atoms with Crippen LogP contribution in [0.1, 0.15) is 25.8 Å². The van der Waals surface area contributed by atoms with E-state index < -0.39 is 0 Å². The van der Waals surface area contributed by atoms with E-state index in [0.717, 1.165) is 17.0 Å². The number of halogens is 1. The van der Waals surface area contributed by atoms with Crippen LogP contribution in [0.3, 0.4) is 0 Å². The lowest BCUT2D eigenvalue weighted by Crippen LogP contribution is -2.16. The molecule has 0 unspecified atom stereocenters. The first-order valence-electron chi connectivity index (χ1n) is 8.00. The summed E-state index contributed by atoms with van der Waals surface area (Å²) in [7, 11) is 0. The molecule has 0 atom stereocenters. The average Bonchev–Trinajstić information content (AvgIpc) is 2.52. The molecule has 0 heterocycles. The standard InChI is InChI=1S/C19H23ClN2O2/c1-13(2)24-17-8-6-15(7-9-17)21-11-10-19(23)22-16-5-4-14(3)18(20)12-16/h4-9,12-13,21H,10-11H2,1-3H3,(H,22,23). The number of carbonyl (C=O) groups is 1. The summed E-state index contributed by atoms with van der Waals surface area (Å²) >= 11 is 6.05. The van der Waals surface area contributed by atoms with Crippen molar-refractivity contribution >= 4 is 28.9 Å². The van der Waals surface area contributed by atoms with Crippen LogP contribution < -0.4 is 15.4 Å². The second kappa shape index (κ2) is 8.60. The maximum absolute atomic E-state index is 12.0. The van der Waals surface area contributed by atoms with Crippen molar-refractivity contribution in [1.82, 2.24) is 0 Å². The molecular weight excluding hydrogens is 324 g/mol. The Balaban J connectivity index is 1.76. The van der Waals surface area contributed by atoms with Crippen molar-refractivity contribution in [3.05, 3.63) is 53.1 Å². The highest BCUT2D eigenvalue weighted by atomic mass is 35.5. The molecule has 0 radical (unpaired) electrons. The predicted molar refractivity (Wildman–Crippen MR) is 100 cm³/mol. The van der Waals surface area contributed by atoms with Crippen molar-refractivity contribution in [2.45, 2.75) is 33.3 Å². The number of ether oxygens (including phenoxy) is 1. The monoisotopic (exact) mass is 346 g/mol. The van der Waals surface area contributed by atoms with Crippen LogP contribution in [0.4, 0.5) is 11.4 Å². The van der Waals surface area contributed by atoms with Gasteiger partial charge in [-0.2, -0.15) is 0 Å². The summed E-state index contributed by atoms with van der Waals surface area (Å²) in [6, 6.07) is 13.2. The van der Waals surface area contributed by atoms with Crippen LogP contribution in [-0.2, 0) is 4.79 Å². The lowest BCUT2D eigenvalue weighted by atomic mass is 10.2. The van der Waals surface area contributed by atoms with E-state index in [0.29, 0.717) is 23.7 Å². The van der Waals surface area contributed by atoms with Gasteiger partial charge in [0.05, 0.1) is 6.10 Å². The first kappa shape index (κ1) is 18.1. The van der Waals surface area contributed by atoms with Gasteiger partial charge in [0.15, 0.2) is 0 Å². The molecule has 2 rings (SSSR count). The van der Waals surface area contributed by atoms with Gasteiger partial charge in [-0.15, -0.1) is 0 Å². The molecule has 0 aliphatic rings. The quantitative estimate of drug-likeness (QED) is 0.751. The highest BCUT2D eigenvalue weighted by molar-refractivity contribution is 6.31. The van der Waals surface area contributed by atoms with Crippen molar-refractivity contribution in [3.63, 3.8) is 0 Å². The lowest BCUT2D eigenvalue weighted by Gasteiger charge is -2.11. The Labute approximate surface area is 148 Å². The van der Waals surface area contributed by atoms with Crippen molar-refractivity contribution in [1.29, 1.82) is 0 Å². The summed E-state index contributed by atoms with van der Waals surface area (Å²) in [5.41, 5.74) is 2.66. The van der Waals surface area contributed by atoms with E-state index >= 15 is 0 Å². The molecule has 0 saturated carbocycles. The molecule has 128 valence electrons. The van der Waals surface area contributed by atoms with Crippen LogP contribution in [-0.4, -0.2) is 18.6 Å². The summed E-state index contributed by atoms with van der Waals surface area (Å²) in [5.74, 6) is 0.784. The van der Waals surface area contributed by atoms with Gasteiger partial charge in [0.25, 0.3) is 0 Å². The van der Waals surface area contributed by atoms with Gasteiger partial charge in [0, 0.05) is 29.4 Å². The summed E-state index contributed by atoms with van der Waals surface area (Å²) in [4.78, 5) is 12.0. The van der Waals surface area contributed by atoms with E-state index in [1.54, 1.807) is 6.07 Å². The Hall–Kier alpha value is -2.20. The summed E-state index contributed by atoms with van der Waals surface area (Å²) in [5, 5.41) is 6.71. The molecule has 0 aliphatic carbocycles. The van der Waals surface area contributed by atoms with E-state index in [1.165, 1.54) is 0 Å². The van der Waals surface area contributed by atoms with Gasteiger partial charge in [0.1, 0.15) is 5.75 Å². The third-order valence-corrected chi connectivity index (χ3v) is 3.77. The van der Waals surface area contributed by atoms with Gasteiger partial charge in [0.2, 0.25) is 5.91 Å². The Morgan fingerprint density at radius 2 is 1.79 bits per heavy atom. The fourth-order valence-electron chi connectivity index (χ4n) is 2.14. The summed E-state index contributed by atoms with van der Waals surface area (Å²) < 4.78 is 5.59. The second-order valence-electron chi connectivity index (χ2n) is 5.88. The number of aryl methyl sites for hydroxylation is 1. The predicted octanol–water partition coefficient (Wildman–Crippen LogP) is 4.88. The van der Waals surface area contributed by atoms with Crippen molar-refractivity contribution < 1.29 is 9.53 Å². The lowest BCUT2D eigenvalue weighted by molar-refractivity contribution is -0.115. The molecule has 0 aromatic heterocycles. The maximum atomic E-state index is 12.0. The number of rotatable bonds is 7. The van der Waals surface area contributed by atoms with E-state index in [1.807, 2.05) is 57.2 Å². The minimum atomic E-state index is -0.0535. The smallest absolute Gasteiger partial charge is 0.226 e. The number of anilines is 2. The number of hydrogen-bond acceptors (Lipinski definition) is 3. The first-order valence-corrected chi connectivity index (χ1v) is 8.38. The van der Waals surface area contributed by atoms with Crippen LogP contribution >= 0.6 is 11.6 Å². The van der Waals surface area contributed by atoms with E-state index in [2.05, 4.69) is 10.6 Å². The van der Waals surface area contributed by atoms with Crippen LogP contribution in [0.15, 0.2) is 42.5 Å². The largest absolute Gasteiger partial charge is 0.491 e. The minimum absolute atomic E-state index is 0.0535. The Bertz CT molecular complexity index is 684. The van der Waals surface area contributed by atoms with Gasteiger partial charge < -0.3 is 15.4 Å². The van der Waals surface area contributed by atoms with Crippen molar-refractivity contribution in [2.24, 2.45) is 0 Å². The molecule has 2 aromatic carbocycles. The number of amides is 1. The van der Waals surface area contributed by atoms with E-state index in [9.17, 15) is 4.79 Å². The molecule has 0 aliphatic heterocycles. The Kier molecular flexibility index (Phi) is 6.50. The molecule has 1 amide bonds. The van der Waals surface area contributed by atoms with E-state index in [-0.39, 0.29) is 12.0 Å². The van der Waals surface area contributed by atoms with Crippen LogP contribution in [0.25, 0.3) is 0 Å². The number of nitrogens with one attached hydrogen (secondary N) is 2. The van der Waals surface area contributed by atoms with Gasteiger partial charge in [-0.25, -0.2) is 0 Å². The van der Waals surface area contributed by atoms with Gasteiger partial charge >= 0.3 is 0 Å². The highest BCUT2D eigenvalue weighted by Gasteiger charge is 2.04. The average molecular weight is 347 g/mol. The Morgan fingerprint density at radius 1 is 1.12 bits per heavy atom. The second-order valence-corrected chi connectivity index (χ2v) is 6.29. The molecule has 0 fully saturated rings. The number of carbonyl (C=O) groups excluding carboxylic acids is 1. The Morgan fingerprint density at radius 3 is 2.42 bits per heavy atom. The molecule has 0 bridgehead atoms.